The number of nitrogens with one attached hydrogen (secondary N) is 2. The van der Waals surface area contributed by atoms with E-state index in [1.54, 1.807) is 12.3 Å². The number of pyridine rings is 1. The van der Waals surface area contributed by atoms with Crippen molar-refractivity contribution in [2.24, 2.45) is 5.73 Å². The molecule has 2 aromatic heterocycles. The maximum absolute atomic E-state index is 12.1. The second-order valence-corrected chi connectivity index (χ2v) is 8.59. The van der Waals surface area contributed by atoms with Gasteiger partial charge in [-0.3, -0.25) is 14.7 Å². The Morgan fingerprint density at radius 3 is 2.70 bits per heavy atom. The Hall–Kier alpha value is -3.14. The lowest BCUT2D eigenvalue weighted by molar-refractivity contribution is 0.0342. The number of ether oxygens (including phenoxy) is 1. The average Bonchev–Trinajstić information content (AvgIpc) is 2.85. The molecule has 2 aliphatic heterocycles. The first-order chi connectivity index (χ1) is 16.2. The molecule has 0 radical (unpaired) electrons. The lowest BCUT2D eigenvalue weighted by atomic mass is 10.1. The van der Waals surface area contributed by atoms with Crippen LogP contribution in [-0.2, 0) is 11.3 Å². The van der Waals surface area contributed by atoms with Gasteiger partial charge in [0.15, 0.2) is 11.6 Å². The molecule has 9 nitrogen and oxygen atoms in total. The Bertz CT molecular complexity index is 1120. The minimum Gasteiger partial charge on any atom is -0.379 e. The molecule has 5 rings (SSSR count). The highest BCUT2D eigenvalue weighted by Crippen LogP contribution is 2.27. The molecular weight excluding hydrogens is 418 g/mol. The van der Waals surface area contributed by atoms with Gasteiger partial charge in [-0.1, -0.05) is 24.3 Å². The molecule has 1 atom stereocenters. The van der Waals surface area contributed by atoms with E-state index in [2.05, 4.69) is 32.7 Å². The van der Waals surface area contributed by atoms with Crippen molar-refractivity contribution < 1.29 is 9.53 Å². The first-order valence-corrected chi connectivity index (χ1v) is 11.5. The second kappa shape index (κ2) is 9.78. The Labute approximate surface area is 192 Å². The smallest absolute Gasteiger partial charge is 0.251 e. The molecule has 2 fully saturated rings. The van der Waals surface area contributed by atoms with E-state index in [0.717, 1.165) is 64.3 Å². The number of nitrogens with zero attached hydrogens (tertiary/aromatic N) is 4. The van der Waals surface area contributed by atoms with Crippen molar-refractivity contribution in [1.82, 2.24) is 25.2 Å². The minimum atomic E-state index is -0.529. The fourth-order valence-electron chi connectivity index (χ4n) is 4.40. The fraction of sp³-hybridized carbons (Fsp3) is 0.417. The van der Waals surface area contributed by atoms with Gasteiger partial charge in [-0.05, 0) is 31.0 Å². The zero-order chi connectivity index (χ0) is 22.6. The van der Waals surface area contributed by atoms with Crippen molar-refractivity contribution in [3.05, 3.63) is 47.7 Å². The summed E-state index contributed by atoms with van der Waals surface area (Å²) >= 11 is 0. The van der Waals surface area contributed by atoms with Crippen LogP contribution in [0.3, 0.4) is 0 Å². The molecule has 172 valence electrons. The Kier molecular flexibility index (Phi) is 6.43. The molecular formula is C24H29N7O2. The zero-order valence-electron chi connectivity index (χ0n) is 18.6. The summed E-state index contributed by atoms with van der Waals surface area (Å²) in [7, 11) is 0. The normalized spacial score (nSPS) is 19.5. The van der Waals surface area contributed by atoms with E-state index in [1.807, 2.05) is 12.1 Å². The monoisotopic (exact) mass is 447 g/mol. The summed E-state index contributed by atoms with van der Waals surface area (Å²) in [6, 6.07) is 10.1. The number of anilines is 1. The molecule has 1 aromatic carbocycles. The molecule has 0 unspecified atom stereocenters. The maximum Gasteiger partial charge on any atom is 0.251 e. The lowest BCUT2D eigenvalue weighted by Crippen LogP contribution is -2.38. The number of morpholine rings is 1. The number of carbonyl (C=O) groups excluding carboxylic acids is 1. The van der Waals surface area contributed by atoms with Crippen molar-refractivity contribution in [2.75, 3.05) is 44.7 Å². The van der Waals surface area contributed by atoms with E-state index < -0.39 is 5.91 Å². The highest BCUT2D eigenvalue weighted by molar-refractivity contribution is 6.06. The van der Waals surface area contributed by atoms with Crippen LogP contribution < -0.4 is 16.4 Å². The van der Waals surface area contributed by atoms with Gasteiger partial charge in [0, 0.05) is 44.0 Å². The summed E-state index contributed by atoms with van der Waals surface area (Å²) in [5, 5.41) is 6.93. The van der Waals surface area contributed by atoms with Gasteiger partial charge in [-0.15, -0.1) is 0 Å². The molecule has 4 N–H and O–H groups in total. The van der Waals surface area contributed by atoms with Gasteiger partial charge >= 0.3 is 0 Å². The standard InChI is InChI=1S/C24H29N7O2/c25-22(32)19-7-9-27-21-20(19)29-23(30-24(21)28-18-2-1-8-26-14-18)17-5-3-16(4-6-17)15-31-10-12-33-13-11-31/h3-7,9,18,26H,1-2,8,10-15H2,(H2,25,32)(H,28,29,30)/t18-/m0/s1. The van der Waals surface area contributed by atoms with Crippen LogP contribution in [0.15, 0.2) is 36.5 Å². The van der Waals surface area contributed by atoms with Crippen molar-refractivity contribution in [2.45, 2.75) is 25.4 Å². The summed E-state index contributed by atoms with van der Waals surface area (Å²) in [4.78, 5) is 28.5. The number of rotatable bonds is 6. The van der Waals surface area contributed by atoms with E-state index in [9.17, 15) is 4.79 Å². The quantitative estimate of drug-likeness (QED) is 0.523. The molecule has 1 amide bonds. The number of amides is 1. The van der Waals surface area contributed by atoms with E-state index in [4.69, 9.17) is 20.4 Å². The van der Waals surface area contributed by atoms with Crippen LogP contribution in [0, 0.1) is 0 Å². The number of nitrogens with two attached hydrogens (primary N) is 1. The number of primary amides is 1. The summed E-state index contributed by atoms with van der Waals surface area (Å²) in [6.45, 7) is 6.23. The Balaban J connectivity index is 1.48. The minimum absolute atomic E-state index is 0.236. The van der Waals surface area contributed by atoms with Gasteiger partial charge in [-0.2, -0.15) is 0 Å². The van der Waals surface area contributed by atoms with Crippen LogP contribution in [0.2, 0.25) is 0 Å². The van der Waals surface area contributed by atoms with Crippen LogP contribution in [0.1, 0.15) is 28.8 Å². The second-order valence-electron chi connectivity index (χ2n) is 8.59. The van der Waals surface area contributed by atoms with Crippen molar-refractivity contribution in [3.8, 4) is 11.4 Å². The lowest BCUT2D eigenvalue weighted by Gasteiger charge is -2.26. The van der Waals surface area contributed by atoms with Crippen molar-refractivity contribution >= 4 is 22.8 Å². The molecule has 9 heteroatoms. The number of piperidine rings is 1. The number of fused-ring (bicyclic) bond motifs is 1. The Morgan fingerprint density at radius 2 is 1.97 bits per heavy atom. The van der Waals surface area contributed by atoms with E-state index in [0.29, 0.717) is 28.2 Å². The van der Waals surface area contributed by atoms with E-state index in [-0.39, 0.29) is 6.04 Å². The third kappa shape index (κ3) is 4.95. The summed E-state index contributed by atoms with van der Waals surface area (Å²) in [5.74, 6) is 0.643. The van der Waals surface area contributed by atoms with E-state index in [1.165, 1.54) is 5.56 Å². The van der Waals surface area contributed by atoms with Crippen LogP contribution in [-0.4, -0.2) is 71.2 Å². The summed E-state index contributed by atoms with van der Waals surface area (Å²) in [6.07, 6.45) is 3.72. The topological polar surface area (TPSA) is 118 Å². The third-order valence-electron chi connectivity index (χ3n) is 6.21. The predicted molar refractivity (Wildman–Crippen MR) is 127 cm³/mol. The largest absolute Gasteiger partial charge is 0.379 e. The fourth-order valence-corrected chi connectivity index (χ4v) is 4.40. The number of benzene rings is 1. The van der Waals surface area contributed by atoms with Crippen LogP contribution >= 0.6 is 0 Å². The molecule has 0 saturated carbocycles. The zero-order valence-corrected chi connectivity index (χ0v) is 18.6. The first kappa shape index (κ1) is 21.7. The van der Waals surface area contributed by atoms with Crippen LogP contribution in [0.4, 0.5) is 5.82 Å². The summed E-state index contributed by atoms with van der Waals surface area (Å²) < 4.78 is 5.44. The average molecular weight is 448 g/mol. The summed E-state index contributed by atoms with van der Waals surface area (Å²) in [5.41, 5.74) is 9.13. The van der Waals surface area contributed by atoms with Crippen LogP contribution in [0.25, 0.3) is 22.4 Å². The third-order valence-corrected chi connectivity index (χ3v) is 6.21. The van der Waals surface area contributed by atoms with Gasteiger partial charge < -0.3 is 21.1 Å². The number of aromatic nitrogens is 3. The molecule has 0 aliphatic carbocycles. The van der Waals surface area contributed by atoms with Gasteiger partial charge in [-0.25, -0.2) is 9.97 Å². The maximum atomic E-state index is 12.1. The highest BCUT2D eigenvalue weighted by atomic mass is 16.5. The first-order valence-electron chi connectivity index (χ1n) is 11.5. The molecule has 0 spiro atoms. The van der Waals surface area contributed by atoms with Crippen molar-refractivity contribution in [3.63, 3.8) is 0 Å². The molecule has 2 aliphatic rings. The number of hydrogen-bond donors (Lipinski definition) is 3. The molecule has 3 aromatic rings. The number of carbonyl (C=O) groups is 1. The van der Waals surface area contributed by atoms with Crippen molar-refractivity contribution in [1.29, 1.82) is 0 Å². The SMILES string of the molecule is NC(=O)c1ccnc2c(N[C@H]3CCCNC3)nc(-c3ccc(CN4CCOCC4)cc3)nc12. The van der Waals surface area contributed by atoms with Gasteiger partial charge in [0.05, 0.1) is 18.8 Å². The van der Waals surface area contributed by atoms with Gasteiger partial charge in [0.2, 0.25) is 0 Å². The molecule has 2 saturated heterocycles. The van der Waals surface area contributed by atoms with Gasteiger partial charge in [0.1, 0.15) is 11.0 Å². The predicted octanol–water partition coefficient (Wildman–Crippen LogP) is 1.79. The molecule has 0 bridgehead atoms. The van der Waals surface area contributed by atoms with Gasteiger partial charge in [0.25, 0.3) is 5.91 Å². The molecule has 4 heterocycles. The van der Waals surface area contributed by atoms with E-state index >= 15 is 0 Å². The molecule has 33 heavy (non-hydrogen) atoms. The number of hydrogen-bond acceptors (Lipinski definition) is 8. The van der Waals surface area contributed by atoms with Crippen LogP contribution in [0.5, 0.6) is 0 Å². The highest BCUT2D eigenvalue weighted by Gasteiger charge is 2.20. The Morgan fingerprint density at radius 1 is 1.15 bits per heavy atom.